The van der Waals surface area contributed by atoms with Crippen LogP contribution in [0.2, 0.25) is 0 Å². The average molecular weight is 775 g/mol. The number of fused-ring (bicyclic) bond motifs is 4. The summed E-state index contributed by atoms with van der Waals surface area (Å²) in [6, 6.07) is 56.6. The number of aryl methyl sites for hydroxylation is 1. The number of oxazole rings is 1. The Balaban J connectivity index is 1.24. The van der Waals surface area contributed by atoms with E-state index in [2.05, 4.69) is 139 Å². The fourth-order valence-electron chi connectivity index (χ4n) is 8.39. The normalized spacial score (nSPS) is 13.3. The molecule has 2 aromatic heterocycles. The molecule has 0 saturated carbocycles. The Labute approximate surface area is 349 Å². The maximum absolute atomic E-state index is 6.69. The molecule has 1 aliphatic carbocycles. The first kappa shape index (κ1) is 36.7. The Morgan fingerprint density at radius 3 is 2.18 bits per heavy atom. The lowest BCUT2D eigenvalue weighted by Crippen LogP contribution is -2.05. The van der Waals surface area contributed by atoms with E-state index in [9.17, 15) is 0 Å². The summed E-state index contributed by atoms with van der Waals surface area (Å²) >= 11 is 0. The first-order valence-electron chi connectivity index (χ1n) is 20.5. The van der Waals surface area contributed by atoms with E-state index >= 15 is 0 Å². The minimum Gasteiger partial charge on any atom is -0.434 e. The fourth-order valence-corrected chi connectivity index (χ4v) is 8.39. The monoisotopic (exact) mass is 774 g/mol. The van der Waals surface area contributed by atoms with E-state index in [0.717, 1.165) is 90.5 Å². The summed E-state index contributed by atoms with van der Waals surface area (Å²) < 4.78 is 9.00. The van der Waals surface area contributed by atoms with Crippen LogP contribution in [0.3, 0.4) is 0 Å². The van der Waals surface area contributed by atoms with Crippen LogP contribution in [-0.2, 0) is 0 Å². The van der Waals surface area contributed by atoms with E-state index in [1.165, 1.54) is 11.1 Å². The van der Waals surface area contributed by atoms with Gasteiger partial charge in [-0.3, -0.25) is 0 Å². The molecule has 0 unspecified atom stereocenters. The van der Waals surface area contributed by atoms with Crippen molar-refractivity contribution in [1.29, 1.82) is 0 Å². The molecule has 0 N–H and O–H groups in total. The Hall–Kier alpha value is -7.63. The summed E-state index contributed by atoms with van der Waals surface area (Å²) in [6.07, 6.45) is 8.88. The molecule has 0 spiro atoms. The van der Waals surface area contributed by atoms with Gasteiger partial charge in [0.15, 0.2) is 11.4 Å². The molecule has 0 fully saturated rings. The minimum absolute atomic E-state index is 0.576. The fraction of sp³-hybridized carbons (Fsp3) is 0.0727. The molecule has 0 aliphatic heterocycles. The van der Waals surface area contributed by atoms with Gasteiger partial charge in [0.25, 0.3) is 0 Å². The van der Waals surface area contributed by atoms with Crippen LogP contribution in [0.15, 0.2) is 203 Å². The van der Waals surface area contributed by atoms with Crippen molar-refractivity contribution in [3.8, 4) is 28.3 Å². The molecule has 0 atom stereocenters. The molecule has 60 heavy (non-hydrogen) atoms. The van der Waals surface area contributed by atoms with Gasteiger partial charge in [0.1, 0.15) is 5.52 Å². The first-order valence-corrected chi connectivity index (χ1v) is 20.5. The Morgan fingerprint density at radius 2 is 1.40 bits per heavy atom. The molecular formula is C55H42N4O. The predicted octanol–water partition coefficient (Wildman–Crippen LogP) is 14.2. The van der Waals surface area contributed by atoms with E-state index in [0.29, 0.717) is 23.0 Å². The van der Waals surface area contributed by atoms with E-state index in [-0.39, 0.29) is 0 Å². The summed E-state index contributed by atoms with van der Waals surface area (Å²) in [5, 5.41) is 2.19. The van der Waals surface area contributed by atoms with Crippen molar-refractivity contribution in [1.82, 2.24) is 9.55 Å². The Bertz CT molecular complexity index is 3210. The van der Waals surface area contributed by atoms with Gasteiger partial charge in [-0.15, -0.1) is 0 Å². The van der Waals surface area contributed by atoms with Crippen LogP contribution in [0, 0.1) is 6.92 Å². The van der Waals surface area contributed by atoms with Crippen molar-refractivity contribution in [3.63, 3.8) is 0 Å². The Kier molecular flexibility index (Phi) is 9.55. The quantitative estimate of drug-likeness (QED) is 0.114. The topological polar surface area (TPSA) is 55.7 Å². The van der Waals surface area contributed by atoms with E-state index < -0.39 is 0 Å². The maximum Gasteiger partial charge on any atom is 0.227 e. The molecule has 0 amide bonds. The van der Waals surface area contributed by atoms with Crippen molar-refractivity contribution in [2.75, 3.05) is 0 Å². The largest absolute Gasteiger partial charge is 0.434 e. The van der Waals surface area contributed by atoms with Crippen LogP contribution in [0.25, 0.3) is 72.4 Å². The highest BCUT2D eigenvalue weighted by molar-refractivity contribution is 6.17. The van der Waals surface area contributed by atoms with Gasteiger partial charge >= 0.3 is 0 Å². The molecule has 5 heteroatoms. The van der Waals surface area contributed by atoms with Gasteiger partial charge in [-0.2, -0.15) is 0 Å². The van der Waals surface area contributed by atoms with Crippen molar-refractivity contribution in [2.45, 2.75) is 26.7 Å². The molecule has 288 valence electrons. The SMILES string of the molecule is C=C(N=C(N=C(C)c1ccccc1)c1ccc(C2=CCCC=C2)cc1)c1c(-c2ccccc2C)ccc2c3ccccc3n(-c3cccc4nc(-c5ccccc5)oc34)c12. The number of benzene rings is 7. The lowest BCUT2D eigenvalue weighted by atomic mass is 9.92. The highest BCUT2D eigenvalue weighted by atomic mass is 16.3. The molecule has 0 radical (unpaired) electrons. The zero-order chi connectivity index (χ0) is 40.6. The predicted molar refractivity (Wildman–Crippen MR) is 251 cm³/mol. The number of hydrogen-bond acceptors (Lipinski definition) is 3. The van der Waals surface area contributed by atoms with Gasteiger partial charge in [0, 0.05) is 33.2 Å². The van der Waals surface area contributed by atoms with Crippen molar-refractivity contribution >= 4 is 55.7 Å². The molecule has 5 nitrogen and oxygen atoms in total. The van der Waals surface area contributed by atoms with E-state index in [1.807, 2.05) is 61.5 Å². The Morgan fingerprint density at radius 1 is 0.650 bits per heavy atom. The lowest BCUT2D eigenvalue weighted by Gasteiger charge is -2.17. The minimum atomic E-state index is 0.576. The van der Waals surface area contributed by atoms with Crippen LogP contribution in [-0.4, -0.2) is 21.1 Å². The molecule has 7 aromatic carbocycles. The summed E-state index contributed by atoms with van der Waals surface area (Å²) in [6.45, 7) is 9.01. The van der Waals surface area contributed by atoms with Crippen molar-refractivity contribution in [3.05, 3.63) is 216 Å². The van der Waals surface area contributed by atoms with Gasteiger partial charge in [-0.1, -0.05) is 158 Å². The summed E-state index contributed by atoms with van der Waals surface area (Å²) in [5.41, 5.74) is 15.3. The van der Waals surface area contributed by atoms with E-state index in [4.69, 9.17) is 26.0 Å². The van der Waals surface area contributed by atoms with Crippen LogP contribution in [0.4, 0.5) is 0 Å². The standard InChI is InChI=1S/C55H42N4O/c1-36-18-13-14-25-44(36)46-34-35-47-45-26-15-16-28-49(45)59(50-29-17-27-48-53(50)60-55(58-48)43-23-11-6-12-24-43)52(47)51(46)38(3)57-54(56-37(2)39-19-7-4-8-20-39)42-32-30-41(31-33-42)40-21-9-5-10-22-40/h4,6-9,11-35H,3,5,10H2,1-2H3. The number of para-hydroxylation sites is 2. The molecule has 0 bridgehead atoms. The number of hydrogen-bond donors (Lipinski definition) is 0. The second kappa shape index (κ2) is 15.6. The molecule has 2 heterocycles. The van der Waals surface area contributed by atoms with Crippen LogP contribution < -0.4 is 0 Å². The van der Waals surface area contributed by atoms with Crippen LogP contribution in [0.5, 0.6) is 0 Å². The summed E-state index contributed by atoms with van der Waals surface area (Å²) in [7, 11) is 0. The zero-order valence-electron chi connectivity index (χ0n) is 33.6. The van der Waals surface area contributed by atoms with Gasteiger partial charge in [0.05, 0.1) is 22.4 Å². The number of allylic oxidation sites excluding steroid dienone is 4. The smallest absolute Gasteiger partial charge is 0.227 e. The average Bonchev–Trinajstić information content (AvgIpc) is 3.90. The van der Waals surface area contributed by atoms with E-state index in [1.54, 1.807) is 0 Å². The molecule has 0 saturated heterocycles. The highest BCUT2D eigenvalue weighted by Crippen LogP contribution is 2.43. The molecule has 10 rings (SSSR count). The second-order valence-electron chi connectivity index (χ2n) is 15.2. The number of aromatic nitrogens is 2. The molecular weight excluding hydrogens is 733 g/mol. The summed E-state index contributed by atoms with van der Waals surface area (Å²) in [4.78, 5) is 15.7. The van der Waals surface area contributed by atoms with Crippen molar-refractivity contribution < 1.29 is 4.42 Å². The number of rotatable bonds is 8. The third-order valence-electron chi connectivity index (χ3n) is 11.4. The number of nitrogens with zero attached hydrogens (tertiary/aromatic N) is 4. The highest BCUT2D eigenvalue weighted by Gasteiger charge is 2.24. The van der Waals surface area contributed by atoms with Crippen molar-refractivity contribution in [2.24, 2.45) is 9.98 Å². The maximum atomic E-state index is 6.69. The van der Waals surface area contributed by atoms with Crippen LogP contribution in [0.1, 0.15) is 47.6 Å². The second-order valence-corrected chi connectivity index (χ2v) is 15.2. The third-order valence-corrected chi connectivity index (χ3v) is 11.4. The lowest BCUT2D eigenvalue weighted by molar-refractivity contribution is 0.618. The van der Waals surface area contributed by atoms with Gasteiger partial charge in [-0.05, 0) is 90.4 Å². The van der Waals surface area contributed by atoms with Crippen LogP contribution >= 0.6 is 0 Å². The zero-order valence-corrected chi connectivity index (χ0v) is 33.6. The van der Waals surface area contributed by atoms with Gasteiger partial charge < -0.3 is 8.98 Å². The third kappa shape index (κ3) is 6.70. The summed E-state index contributed by atoms with van der Waals surface area (Å²) in [5.74, 6) is 1.16. The van der Waals surface area contributed by atoms with Gasteiger partial charge in [0.2, 0.25) is 5.89 Å². The molecule has 9 aromatic rings. The number of amidine groups is 1. The molecule has 1 aliphatic rings. The van der Waals surface area contributed by atoms with Gasteiger partial charge in [-0.25, -0.2) is 15.0 Å². The first-order chi connectivity index (χ1) is 29.5. The number of aliphatic imine (C=N–C) groups is 2.